The molecule has 0 radical (unpaired) electrons. The molecule has 0 spiro atoms. The summed E-state index contributed by atoms with van der Waals surface area (Å²) in [5.41, 5.74) is 1.26. The van der Waals surface area contributed by atoms with Crippen molar-refractivity contribution in [3.63, 3.8) is 0 Å². The van der Waals surface area contributed by atoms with Crippen LogP contribution in [0.25, 0.3) is 0 Å². The minimum Gasteiger partial charge on any atom is -0.466 e. The summed E-state index contributed by atoms with van der Waals surface area (Å²) in [6.45, 7) is 6.57. The van der Waals surface area contributed by atoms with Crippen LogP contribution in [-0.2, 0) is 16.0 Å². The lowest BCUT2D eigenvalue weighted by Crippen LogP contribution is -2.51. The molecule has 1 saturated heterocycles. The number of ether oxygens (including phenoxy) is 1. The molecule has 1 amide bonds. The first-order valence-corrected chi connectivity index (χ1v) is 10.2. The molecule has 1 aliphatic rings. The van der Waals surface area contributed by atoms with Gasteiger partial charge in [-0.3, -0.25) is 9.59 Å². The number of hydrogen-bond acceptors (Lipinski definition) is 5. The SMILES string of the molecule is CCOC(=O)C1(Cc2cccc(Cl)c2)CCCN(C(=O)c2cc(C)nc(C)n2)C1. The maximum atomic E-state index is 13.1. The van der Waals surface area contributed by atoms with Gasteiger partial charge in [0, 0.05) is 23.8 Å². The molecule has 0 aliphatic carbocycles. The molecular weight excluding hydrogens is 390 g/mol. The molecule has 7 heteroatoms. The summed E-state index contributed by atoms with van der Waals surface area (Å²) in [6, 6.07) is 9.17. The summed E-state index contributed by atoms with van der Waals surface area (Å²) in [7, 11) is 0. The number of carbonyl (C=O) groups is 2. The van der Waals surface area contributed by atoms with Gasteiger partial charge >= 0.3 is 5.97 Å². The van der Waals surface area contributed by atoms with E-state index in [1.807, 2.05) is 25.1 Å². The Morgan fingerprint density at radius 1 is 1.24 bits per heavy atom. The van der Waals surface area contributed by atoms with Crippen molar-refractivity contribution in [1.29, 1.82) is 0 Å². The number of esters is 1. The predicted octanol–water partition coefficient (Wildman–Crippen LogP) is 3.78. The third kappa shape index (κ3) is 4.93. The minimum absolute atomic E-state index is 0.182. The molecule has 1 unspecified atom stereocenters. The van der Waals surface area contributed by atoms with Gasteiger partial charge in [-0.2, -0.15) is 0 Å². The zero-order valence-electron chi connectivity index (χ0n) is 17.1. The van der Waals surface area contributed by atoms with E-state index >= 15 is 0 Å². The Morgan fingerprint density at radius 2 is 2.03 bits per heavy atom. The third-order valence-electron chi connectivity index (χ3n) is 5.19. The molecule has 2 heterocycles. The molecule has 0 N–H and O–H groups in total. The number of aryl methyl sites for hydroxylation is 2. The van der Waals surface area contributed by atoms with Crippen molar-refractivity contribution in [3.05, 3.63) is 58.1 Å². The number of carbonyl (C=O) groups excluding carboxylic acids is 2. The van der Waals surface area contributed by atoms with Crippen LogP contribution in [0, 0.1) is 19.3 Å². The second-order valence-electron chi connectivity index (χ2n) is 7.58. The first-order valence-electron chi connectivity index (χ1n) is 9.86. The molecule has 1 aromatic carbocycles. The zero-order chi connectivity index (χ0) is 21.0. The number of amides is 1. The van der Waals surface area contributed by atoms with Crippen LogP contribution in [0.2, 0.25) is 5.02 Å². The van der Waals surface area contributed by atoms with Crippen LogP contribution in [0.3, 0.4) is 0 Å². The van der Waals surface area contributed by atoms with Crippen LogP contribution in [-0.4, -0.2) is 46.4 Å². The van der Waals surface area contributed by atoms with Gasteiger partial charge < -0.3 is 9.64 Å². The zero-order valence-corrected chi connectivity index (χ0v) is 17.8. The molecule has 2 aromatic rings. The fourth-order valence-corrected chi connectivity index (χ4v) is 4.21. The second kappa shape index (κ2) is 8.91. The Morgan fingerprint density at radius 3 is 2.72 bits per heavy atom. The van der Waals surface area contributed by atoms with Gasteiger partial charge in [-0.1, -0.05) is 23.7 Å². The van der Waals surface area contributed by atoms with Crippen LogP contribution in [0.1, 0.15) is 47.3 Å². The van der Waals surface area contributed by atoms with Crippen molar-refractivity contribution >= 4 is 23.5 Å². The summed E-state index contributed by atoms with van der Waals surface area (Å²) in [5.74, 6) is 0.103. The van der Waals surface area contributed by atoms with E-state index in [9.17, 15) is 9.59 Å². The monoisotopic (exact) mass is 415 g/mol. The maximum Gasteiger partial charge on any atom is 0.314 e. The van der Waals surface area contributed by atoms with Gasteiger partial charge in [-0.25, -0.2) is 9.97 Å². The molecule has 0 saturated carbocycles. The Bertz CT molecular complexity index is 898. The second-order valence-corrected chi connectivity index (χ2v) is 8.02. The molecule has 29 heavy (non-hydrogen) atoms. The topological polar surface area (TPSA) is 72.4 Å². The van der Waals surface area contributed by atoms with Gasteiger partial charge in [-0.05, 0) is 63.8 Å². The average molecular weight is 416 g/mol. The van der Waals surface area contributed by atoms with E-state index in [0.717, 1.165) is 11.3 Å². The number of rotatable bonds is 5. The van der Waals surface area contributed by atoms with Crippen LogP contribution >= 0.6 is 11.6 Å². The van der Waals surface area contributed by atoms with Gasteiger partial charge in [0.1, 0.15) is 11.5 Å². The van der Waals surface area contributed by atoms with Crippen molar-refractivity contribution in [2.24, 2.45) is 5.41 Å². The molecule has 3 rings (SSSR count). The van der Waals surface area contributed by atoms with Crippen LogP contribution in [0.15, 0.2) is 30.3 Å². The van der Waals surface area contributed by atoms with Gasteiger partial charge in [0.05, 0.1) is 12.0 Å². The Balaban J connectivity index is 1.90. The number of nitrogens with zero attached hydrogens (tertiary/aromatic N) is 3. The molecule has 1 aromatic heterocycles. The van der Waals surface area contributed by atoms with Crippen molar-refractivity contribution < 1.29 is 14.3 Å². The van der Waals surface area contributed by atoms with Gasteiger partial charge in [0.15, 0.2) is 0 Å². The van der Waals surface area contributed by atoms with Gasteiger partial charge in [0.2, 0.25) is 0 Å². The lowest BCUT2D eigenvalue weighted by Gasteiger charge is -2.41. The maximum absolute atomic E-state index is 13.1. The Kier molecular flexibility index (Phi) is 6.52. The van der Waals surface area contributed by atoms with E-state index in [-0.39, 0.29) is 11.9 Å². The van der Waals surface area contributed by atoms with E-state index in [0.29, 0.717) is 55.5 Å². The fourth-order valence-electron chi connectivity index (χ4n) is 4.00. The molecule has 1 aliphatic heterocycles. The molecule has 1 atom stereocenters. The summed E-state index contributed by atoms with van der Waals surface area (Å²) >= 11 is 6.14. The molecule has 6 nitrogen and oxygen atoms in total. The van der Waals surface area contributed by atoms with Gasteiger partial charge in [-0.15, -0.1) is 0 Å². The standard InChI is InChI=1S/C22H26ClN3O3/c1-4-29-21(28)22(13-17-7-5-8-18(23)12-17)9-6-10-26(14-22)20(27)19-11-15(2)24-16(3)25-19/h5,7-8,11-12H,4,6,9-10,13-14H2,1-3H3. The number of halogens is 1. The van der Waals surface area contributed by atoms with Crippen LogP contribution in [0.5, 0.6) is 0 Å². The molecule has 0 bridgehead atoms. The van der Waals surface area contributed by atoms with E-state index in [1.165, 1.54) is 0 Å². The summed E-state index contributed by atoms with van der Waals surface area (Å²) in [5, 5.41) is 0.622. The predicted molar refractivity (Wildman–Crippen MR) is 111 cm³/mol. The van der Waals surface area contributed by atoms with Gasteiger partial charge in [0.25, 0.3) is 5.91 Å². The summed E-state index contributed by atoms with van der Waals surface area (Å²) in [6.07, 6.45) is 1.84. The highest BCUT2D eigenvalue weighted by atomic mass is 35.5. The first-order chi connectivity index (χ1) is 13.8. The van der Waals surface area contributed by atoms with Crippen molar-refractivity contribution in [2.45, 2.75) is 40.0 Å². The number of benzene rings is 1. The lowest BCUT2D eigenvalue weighted by atomic mass is 9.75. The van der Waals surface area contributed by atoms with E-state index in [4.69, 9.17) is 16.3 Å². The molecular formula is C22H26ClN3O3. The Hall–Kier alpha value is -2.47. The summed E-state index contributed by atoms with van der Waals surface area (Å²) in [4.78, 5) is 36.4. The smallest absolute Gasteiger partial charge is 0.314 e. The number of piperidine rings is 1. The average Bonchev–Trinajstić information content (AvgIpc) is 2.67. The van der Waals surface area contributed by atoms with Crippen LogP contribution < -0.4 is 0 Å². The normalized spacial score (nSPS) is 19.1. The lowest BCUT2D eigenvalue weighted by molar-refractivity contribution is -0.158. The van der Waals surface area contributed by atoms with Crippen molar-refractivity contribution in [3.8, 4) is 0 Å². The quantitative estimate of drug-likeness (QED) is 0.695. The molecule has 1 fully saturated rings. The number of hydrogen-bond donors (Lipinski definition) is 0. The van der Waals surface area contributed by atoms with Crippen molar-refractivity contribution in [2.75, 3.05) is 19.7 Å². The van der Waals surface area contributed by atoms with E-state index in [2.05, 4.69) is 9.97 Å². The number of likely N-dealkylation sites (tertiary alicyclic amines) is 1. The Labute approximate surface area is 176 Å². The number of aromatic nitrogens is 2. The highest BCUT2D eigenvalue weighted by Gasteiger charge is 2.45. The molecule has 154 valence electrons. The largest absolute Gasteiger partial charge is 0.466 e. The first kappa shape index (κ1) is 21.2. The van der Waals surface area contributed by atoms with Crippen molar-refractivity contribution in [1.82, 2.24) is 14.9 Å². The summed E-state index contributed by atoms with van der Waals surface area (Å²) < 4.78 is 5.42. The minimum atomic E-state index is -0.800. The highest BCUT2D eigenvalue weighted by molar-refractivity contribution is 6.30. The van der Waals surface area contributed by atoms with E-state index in [1.54, 1.807) is 30.9 Å². The van der Waals surface area contributed by atoms with E-state index < -0.39 is 5.41 Å². The third-order valence-corrected chi connectivity index (χ3v) is 5.42. The highest BCUT2D eigenvalue weighted by Crippen LogP contribution is 2.36. The van der Waals surface area contributed by atoms with Crippen LogP contribution in [0.4, 0.5) is 0 Å². The fraction of sp³-hybridized carbons (Fsp3) is 0.455.